The summed E-state index contributed by atoms with van der Waals surface area (Å²) in [5, 5.41) is 0. The Kier molecular flexibility index (Phi) is 4.65. The number of fused-ring (bicyclic) bond motifs is 1. The van der Waals surface area contributed by atoms with E-state index >= 15 is 0 Å². The summed E-state index contributed by atoms with van der Waals surface area (Å²) in [7, 11) is -2.14. The van der Waals surface area contributed by atoms with Gasteiger partial charge in [0, 0.05) is 13.1 Å². The Morgan fingerprint density at radius 1 is 1.08 bits per heavy atom. The number of ether oxygens (including phenoxy) is 1. The van der Waals surface area contributed by atoms with Crippen LogP contribution in [0, 0.1) is 6.92 Å². The molecule has 0 amide bonds. The first kappa shape index (κ1) is 17.2. The lowest BCUT2D eigenvalue weighted by Crippen LogP contribution is -2.13. The molecule has 1 aromatic heterocycles. The van der Waals surface area contributed by atoms with Crippen LogP contribution in [0.25, 0.3) is 11.0 Å². The molecule has 0 fully saturated rings. The zero-order valence-electron chi connectivity index (χ0n) is 13.9. The molecule has 3 rings (SSSR count). The number of hydrogen-bond acceptors (Lipinski definition) is 5. The van der Waals surface area contributed by atoms with Crippen molar-refractivity contribution in [3.8, 4) is 5.75 Å². The lowest BCUT2D eigenvalue weighted by molar-refractivity contribution is 0.221. The molecule has 3 aromatic rings. The molecule has 0 aliphatic heterocycles. The molecule has 0 unspecified atom stereocenters. The maximum absolute atomic E-state index is 12.1. The van der Waals surface area contributed by atoms with Gasteiger partial charge in [0.1, 0.15) is 19.0 Å². The van der Waals surface area contributed by atoms with Gasteiger partial charge in [-0.2, -0.15) is 8.42 Å². The Morgan fingerprint density at radius 2 is 1.80 bits per heavy atom. The molecule has 132 valence electrons. The SMILES string of the molecule is Cc1ccc(S(=O)(=O)OCCOc2ccc3[nH]c(=O)n(C)c3c2)cc1. The number of H-pyrrole nitrogens is 1. The van der Waals surface area contributed by atoms with E-state index in [0.29, 0.717) is 16.8 Å². The second-order valence-electron chi connectivity index (χ2n) is 5.61. The highest BCUT2D eigenvalue weighted by Gasteiger charge is 2.14. The van der Waals surface area contributed by atoms with Crippen LogP contribution in [0.5, 0.6) is 5.75 Å². The van der Waals surface area contributed by atoms with E-state index in [1.165, 1.54) is 16.7 Å². The maximum Gasteiger partial charge on any atom is 0.326 e. The van der Waals surface area contributed by atoms with Gasteiger partial charge in [-0.25, -0.2) is 4.79 Å². The van der Waals surface area contributed by atoms with E-state index in [1.54, 1.807) is 37.4 Å². The minimum absolute atomic E-state index is 0.0645. The zero-order valence-corrected chi connectivity index (χ0v) is 14.7. The predicted molar refractivity (Wildman–Crippen MR) is 93.4 cm³/mol. The smallest absolute Gasteiger partial charge is 0.326 e. The summed E-state index contributed by atoms with van der Waals surface area (Å²) in [5.41, 5.74) is 2.17. The molecule has 25 heavy (non-hydrogen) atoms. The van der Waals surface area contributed by atoms with Crippen molar-refractivity contribution in [3.05, 3.63) is 58.5 Å². The summed E-state index contributed by atoms with van der Waals surface area (Å²) in [6.45, 7) is 1.83. The molecule has 0 bridgehead atoms. The molecule has 0 atom stereocenters. The molecule has 0 aliphatic rings. The fourth-order valence-corrected chi connectivity index (χ4v) is 3.26. The van der Waals surface area contributed by atoms with Crippen molar-refractivity contribution in [2.75, 3.05) is 13.2 Å². The quantitative estimate of drug-likeness (QED) is 0.535. The number of hydrogen-bond donors (Lipinski definition) is 1. The van der Waals surface area contributed by atoms with Crippen LogP contribution in [0.2, 0.25) is 0 Å². The van der Waals surface area contributed by atoms with E-state index < -0.39 is 10.1 Å². The molecule has 1 N–H and O–H groups in total. The van der Waals surface area contributed by atoms with Crippen molar-refractivity contribution in [1.82, 2.24) is 9.55 Å². The van der Waals surface area contributed by atoms with Crippen LogP contribution in [0.15, 0.2) is 52.2 Å². The first-order valence-electron chi connectivity index (χ1n) is 7.64. The lowest BCUT2D eigenvalue weighted by atomic mass is 10.2. The zero-order chi connectivity index (χ0) is 18.0. The van der Waals surface area contributed by atoms with Crippen LogP contribution < -0.4 is 10.4 Å². The molecular weight excluding hydrogens is 344 g/mol. The van der Waals surface area contributed by atoms with Crippen LogP contribution in [0.3, 0.4) is 0 Å². The van der Waals surface area contributed by atoms with Gasteiger partial charge in [-0.3, -0.25) is 8.75 Å². The second-order valence-corrected chi connectivity index (χ2v) is 7.22. The fourth-order valence-electron chi connectivity index (χ4n) is 2.37. The molecule has 1 heterocycles. The highest BCUT2D eigenvalue weighted by atomic mass is 32.2. The number of benzene rings is 2. The Balaban J connectivity index is 1.60. The van der Waals surface area contributed by atoms with Gasteiger partial charge in [-0.15, -0.1) is 0 Å². The second kappa shape index (κ2) is 6.73. The van der Waals surface area contributed by atoms with E-state index in [-0.39, 0.29) is 23.8 Å². The van der Waals surface area contributed by atoms with Crippen LogP contribution in [0.4, 0.5) is 0 Å². The third-order valence-electron chi connectivity index (χ3n) is 3.78. The van der Waals surface area contributed by atoms with Gasteiger partial charge in [0.2, 0.25) is 0 Å². The van der Waals surface area contributed by atoms with Gasteiger partial charge < -0.3 is 9.72 Å². The average molecular weight is 362 g/mol. The summed E-state index contributed by atoms with van der Waals surface area (Å²) in [4.78, 5) is 14.4. The molecular formula is C17H18N2O5S. The molecule has 0 aliphatic carbocycles. The van der Waals surface area contributed by atoms with Gasteiger partial charge in [-0.05, 0) is 31.2 Å². The first-order chi connectivity index (χ1) is 11.9. The molecule has 0 spiro atoms. The molecule has 0 radical (unpaired) electrons. The number of aryl methyl sites for hydroxylation is 2. The highest BCUT2D eigenvalue weighted by Crippen LogP contribution is 2.18. The number of aromatic nitrogens is 2. The van der Waals surface area contributed by atoms with Crippen molar-refractivity contribution in [2.24, 2.45) is 7.05 Å². The number of imidazole rings is 1. The topological polar surface area (TPSA) is 90.4 Å². The van der Waals surface area contributed by atoms with Gasteiger partial charge in [-0.1, -0.05) is 17.7 Å². The summed E-state index contributed by atoms with van der Waals surface area (Å²) < 4.78 is 36.1. The van der Waals surface area contributed by atoms with E-state index in [1.807, 2.05) is 6.92 Å². The summed E-state index contributed by atoms with van der Waals surface area (Å²) in [5.74, 6) is 0.526. The Hall–Kier alpha value is -2.58. The summed E-state index contributed by atoms with van der Waals surface area (Å²) in [6.07, 6.45) is 0. The molecule has 2 aromatic carbocycles. The number of aromatic amines is 1. The van der Waals surface area contributed by atoms with Crippen LogP contribution >= 0.6 is 0 Å². The van der Waals surface area contributed by atoms with Crippen molar-refractivity contribution < 1.29 is 17.3 Å². The lowest BCUT2D eigenvalue weighted by Gasteiger charge is -2.08. The number of nitrogens with one attached hydrogen (secondary N) is 1. The fraction of sp³-hybridized carbons (Fsp3) is 0.235. The third kappa shape index (κ3) is 3.75. The van der Waals surface area contributed by atoms with E-state index in [0.717, 1.165) is 5.56 Å². The third-order valence-corrected chi connectivity index (χ3v) is 5.10. The van der Waals surface area contributed by atoms with Crippen molar-refractivity contribution in [3.63, 3.8) is 0 Å². The average Bonchev–Trinajstić information content (AvgIpc) is 2.86. The molecule has 0 saturated heterocycles. The molecule has 8 heteroatoms. The Morgan fingerprint density at radius 3 is 2.52 bits per heavy atom. The number of nitrogens with zero attached hydrogens (tertiary/aromatic N) is 1. The Bertz CT molecular complexity index is 1050. The van der Waals surface area contributed by atoms with Crippen molar-refractivity contribution in [2.45, 2.75) is 11.8 Å². The standard InChI is InChI=1S/C17H18N2O5S/c1-12-3-6-14(7-4-12)25(21,22)24-10-9-23-13-5-8-15-16(11-13)19(2)17(20)18-15/h3-8,11H,9-10H2,1-2H3,(H,18,20). The normalized spacial score (nSPS) is 11.8. The van der Waals surface area contributed by atoms with Gasteiger partial charge in [0.25, 0.3) is 10.1 Å². The molecule has 7 nitrogen and oxygen atoms in total. The monoisotopic (exact) mass is 362 g/mol. The predicted octanol–water partition coefficient (Wildman–Crippen LogP) is 1.96. The minimum atomic E-state index is -3.80. The van der Waals surface area contributed by atoms with Gasteiger partial charge >= 0.3 is 5.69 Å². The summed E-state index contributed by atoms with van der Waals surface area (Å²) in [6, 6.07) is 11.6. The Labute approximate surface area is 144 Å². The van der Waals surface area contributed by atoms with Crippen LogP contribution in [-0.2, 0) is 21.3 Å². The van der Waals surface area contributed by atoms with E-state index in [2.05, 4.69) is 4.98 Å². The van der Waals surface area contributed by atoms with Gasteiger partial charge in [0.15, 0.2) is 0 Å². The first-order valence-corrected chi connectivity index (χ1v) is 9.05. The van der Waals surface area contributed by atoms with Crippen molar-refractivity contribution in [1.29, 1.82) is 0 Å². The van der Waals surface area contributed by atoms with E-state index in [9.17, 15) is 13.2 Å². The van der Waals surface area contributed by atoms with Gasteiger partial charge in [0.05, 0.1) is 15.9 Å². The van der Waals surface area contributed by atoms with E-state index in [4.69, 9.17) is 8.92 Å². The summed E-state index contributed by atoms with van der Waals surface area (Å²) >= 11 is 0. The minimum Gasteiger partial charge on any atom is -0.491 e. The highest BCUT2D eigenvalue weighted by molar-refractivity contribution is 7.86. The van der Waals surface area contributed by atoms with Crippen LogP contribution in [-0.4, -0.2) is 31.2 Å². The largest absolute Gasteiger partial charge is 0.491 e. The van der Waals surface area contributed by atoms with Crippen molar-refractivity contribution >= 4 is 21.2 Å². The number of rotatable bonds is 6. The van der Waals surface area contributed by atoms with Crippen LogP contribution in [0.1, 0.15) is 5.56 Å². The maximum atomic E-state index is 12.1. The molecule has 0 saturated carbocycles.